The highest BCUT2D eigenvalue weighted by atomic mass is 16.2. The van der Waals surface area contributed by atoms with E-state index in [9.17, 15) is 9.59 Å². The van der Waals surface area contributed by atoms with Crippen molar-refractivity contribution in [2.45, 2.75) is 32.6 Å². The SMILES string of the molecule is CCC(=O)NCCCC(=O)NCCc1ccccc1. The molecule has 0 unspecified atom stereocenters. The zero-order chi connectivity index (χ0) is 13.9. The largest absolute Gasteiger partial charge is 0.356 e. The lowest BCUT2D eigenvalue weighted by Crippen LogP contribution is -2.28. The molecule has 0 fully saturated rings. The highest BCUT2D eigenvalue weighted by Crippen LogP contribution is 1.98. The van der Waals surface area contributed by atoms with Gasteiger partial charge in [-0.2, -0.15) is 0 Å². The molecule has 0 saturated heterocycles. The van der Waals surface area contributed by atoms with Gasteiger partial charge in [0.15, 0.2) is 0 Å². The van der Waals surface area contributed by atoms with E-state index in [1.54, 1.807) is 0 Å². The molecule has 1 rings (SSSR count). The molecule has 0 aliphatic rings. The minimum atomic E-state index is 0.0319. The lowest BCUT2D eigenvalue weighted by atomic mass is 10.1. The first-order valence-corrected chi connectivity index (χ1v) is 6.79. The van der Waals surface area contributed by atoms with Crippen molar-refractivity contribution in [2.75, 3.05) is 13.1 Å². The molecule has 0 aliphatic heterocycles. The molecule has 0 heterocycles. The van der Waals surface area contributed by atoms with E-state index in [0.29, 0.717) is 32.4 Å². The second-order valence-electron chi connectivity index (χ2n) is 4.39. The maximum absolute atomic E-state index is 11.5. The number of carbonyl (C=O) groups excluding carboxylic acids is 2. The molecule has 0 saturated carbocycles. The quantitative estimate of drug-likeness (QED) is 0.700. The maximum atomic E-state index is 11.5. The van der Waals surface area contributed by atoms with Crippen molar-refractivity contribution in [1.29, 1.82) is 0 Å². The summed E-state index contributed by atoms with van der Waals surface area (Å²) in [5.74, 6) is 0.0752. The minimum Gasteiger partial charge on any atom is -0.356 e. The van der Waals surface area contributed by atoms with Gasteiger partial charge < -0.3 is 10.6 Å². The fraction of sp³-hybridized carbons (Fsp3) is 0.467. The van der Waals surface area contributed by atoms with Crippen LogP contribution in [0.2, 0.25) is 0 Å². The van der Waals surface area contributed by atoms with Crippen molar-refractivity contribution >= 4 is 11.8 Å². The Hall–Kier alpha value is -1.84. The fourth-order valence-electron chi connectivity index (χ4n) is 1.68. The average molecular weight is 262 g/mol. The number of hydrogen-bond acceptors (Lipinski definition) is 2. The third-order valence-corrected chi connectivity index (χ3v) is 2.80. The molecule has 1 aromatic carbocycles. The molecule has 2 amide bonds. The summed E-state index contributed by atoms with van der Waals surface area (Å²) >= 11 is 0. The Bertz CT molecular complexity index is 390. The molecular formula is C15H22N2O2. The Labute approximate surface area is 114 Å². The second-order valence-corrected chi connectivity index (χ2v) is 4.39. The fourth-order valence-corrected chi connectivity index (χ4v) is 1.68. The van der Waals surface area contributed by atoms with E-state index < -0.39 is 0 Å². The van der Waals surface area contributed by atoms with Gasteiger partial charge in [-0.05, 0) is 18.4 Å². The highest BCUT2D eigenvalue weighted by molar-refractivity contribution is 5.76. The van der Waals surface area contributed by atoms with Crippen LogP contribution in [0.25, 0.3) is 0 Å². The number of carbonyl (C=O) groups is 2. The summed E-state index contributed by atoms with van der Waals surface area (Å²) < 4.78 is 0. The molecular weight excluding hydrogens is 240 g/mol. The van der Waals surface area contributed by atoms with Crippen molar-refractivity contribution in [3.05, 3.63) is 35.9 Å². The van der Waals surface area contributed by atoms with E-state index >= 15 is 0 Å². The lowest BCUT2D eigenvalue weighted by molar-refractivity contribution is -0.122. The molecule has 0 aliphatic carbocycles. The Morgan fingerprint density at radius 1 is 1.00 bits per heavy atom. The summed E-state index contributed by atoms with van der Waals surface area (Å²) in [5.41, 5.74) is 1.22. The van der Waals surface area contributed by atoms with E-state index in [2.05, 4.69) is 10.6 Å². The van der Waals surface area contributed by atoms with Crippen molar-refractivity contribution in [3.63, 3.8) is 0 Å². The molecule has 4 heteroatoms. The Morgan fingerprint density at radius 3 is 2.37 bits per heavy atom. The minimum absolute atomic E-state index is 0.0319. The van der Waals surface area contributed by atoms with Gasteiger partial charge in [-0.3, -0.25) is 9.59 Å². The Morgan fingerprint density at radius 2 is 1.68 bits per heavy atom. The lowest BCUT2D eigenvalue weighted by Gasteiger charge is -2.06. The summed E-state index contributed by atoms with van der Waals surface area (Å²) in [6.45, 7) is 3.04. The van der Waals surface area contributed by atoms with E-state index in [4.69, 9.17) is 0 Å². The van der Waals surface area contributed by atoms with Gasteiger partial charge in [0, 0.05) is 25.9 Å². The van der Waals surface area contributed by atoms with Gasteiger partial charge in [0.2, 0.25) is 11.8 Å². The molecule has 0 atom stereocenters. The molecule has 0 spiro atoms. The van der Waals surface area contributed by atoms with Crippen molar-refractivity contribution < 1.29 is 9.59 Å². The number of nitrogens with one attached hydrogen (secondary N) is 2. The van der Waals surface area contributed by atoms with Crippen LogP contribution in [0.3, 0.4) is 0 Å². The molecule has 2 N–H and O–H groups in total. The highest BCUT2D eigenvalue weighted by Gasteiger charge is 2.01. The second kappa shape index (κ2) is 9.14. The first-order chi connectivity index (χ1) is 9.22. The van der Waals surface area contributed by atoms with Gasteiger partial charge in [0.1, 0.15) is 0 Å². The van der Waals surface area contributed by atoms with Crippen LogP contribution >= 0.6 is 0 Å². The van der Waals surface area contributed by atoms with Crippen LogP contribution in [0.5, 0.6) is 0 Å². The van der Waals surface area contributed by atoms with Gasteiger partial charge in [0.25, 0.3) is 0 Å². The first kappa shape index (κ1) is 15.2. The zero-order valence-corrected chi connectivity index (χ0v) is 11.4. The van der Waals surface area contributed by atoms with Crippen LogP contribution in [0, 0.1) is 0 Å². The van der Waals surface area contributed by atoms with Crippen LogP contribution in [0.15, 0.2) is 30.3 Å². The van der Waals surface area contributed by atoms with Gasteiger partial charge in [-0.15, -0.1) is 0 Å². The first-order valence-electron chi connectivity index (χ1n) is 6.79. The number of benzene rings is 1. The molecule has 0 radical (unpaired) electrons. The van der Waals surface area contributed by atoms with Crippen LogP contribution in [-0.2, 0) is 16.0 Å². The third kappa shape index (κ3) is 7.24. The molecule has 0 bridgehead atoms. The molecule has 104 valence electrons. The maximum Gasteiger partial charge on any atom is 0.220 e. The Kier molecular flexibility index (Phi) is 7.32. The number of rotatable bonds is 8. The summed E-state index contributed by atoms with van der Waals surface area (Å²) in [7, 11) is 0. The van der Waals surface area contributed by atoms with Gasteiger partial charge >= 0.3 is 0 Å². The van der Waals surface area contributed by atoms with Crippen molar-refractivity contribution in [1.82, 2.24) is 10.6 Å². The van der Waals surface area contributed by atoms with Gasteiger partial charge in [-0.1, -0.05) is 37.3 Å². The smallest absolute Gasteiger partial charge is 0.220 e. The standard InChI is InChI=1S/C15H22N2O2/c1-2-14(18)16-11-6-9-15(19)17-12-10-13-7-4-3-5-8-13/h3-5,7-8H,2,6,9-12H2,1H3,(H,16,18)(H,17,19). The van der Waals surface area contributed by atoms with Crippen molar-refractivity contribution in [3.8, 4) is 0 Å². The summed E-state index contributed by atoms with van der Waals surface area (Å²) in [6, 6.07) is 10.1. The van der Waals surface area contributed by atoms with Crippen LogP contribution in [0.4, 0.5) is 0 Å². The predicted molar refractivity (Wildman–Crippen MR) is 75.7 cm³/mol. The van der Waals surface area contributed by atoms with Crippen LogP contribution in [0.1, 0.15) is 31.7 Å². The normalized spacial score (nSPS) is 9.95. The van der Waals surface area contributed by atoms with E-state index in [0.717, 1.165) is 6.42 Å². The van der Waals surface area contributed by atoms with Crippen LogP contribution in [-0.4, -0.2) is 24.9 Å². The van der Waals surface area contributed by atoms with Gasteiger partial charge in [-0.25, -0.2) is 0 Å². The molecule has 0 aromatic heterocycles. The van der Waals surface area contributed by atoms with Crippen LogP contribution < -0.4 is 10.6 Å². The zero-order valence-electron chi connectivity index (χ0n) is 11.4. The average Bonchev–Trinajstić information content (AvgIpc) is 2.44. The third-order valence-electron chi connectivity index (χ3n) is 2.80. The summed E-state index contributed by atoms with van der Waals surface area (Å²) in [5, 5.41) is 5.63. The predicted octanol–water partition coefficient (Wildman–Crippen LogP) is 1.65. The monoisotopic (exact) mass is 262 g/mol. The molecule has 4 nitrogen and oxygen atoms in total. The number of amides is 2. The van der Waals surface area contributed by atoms with E-state index in [1.807, 2.05) is 37.3 Å². The topological polar surface area (TPSA) is 58.2 Å². The Balaban J connectivity index is 2.04. The van der Waals surface area contributed by atoms with E-state index in [1.165, 1.54) is 5.56 Å². The number of hydrogen-bond donors (Lipinski definition) is 2. The summed E-state index contributed by atoms with van der Waals surface area (Å²) in [6.07, 6.45) is 2.48. The molecule has 1 aromatic rings. The summed E-state index contributed by atoms with van der Waals surface area (Å²) in [4.78, 5) is 22.5. The van der Waals surface area contributed by atoms with Crippen molar-refractivity contribution in [2.24, 2.45) is 0 Å². The van der Waals surface area contributed by atoms with Gasteiger partial charge in [0.05, 0.1) is 0 Å². The molecule has 19 heavy (non-hydrogen) atoms. The van der Waals surface area contributed by atoms with E-state index in [-0.39, 0.29) is 11.8 Å².